The number of amides is 1. The van der Waals surface area contributed by atoms with E-state index < -0.39 is 28.5 Å². The van der Waals surface area contributed by atoms with Crippen molar-refractivity contribution in [1.29, 1.82) is 0 Å². The van der Waals surface area contributed by atoms with Crippen LogP contribution in [0.1, 0.15) is 28.2 Å². The van der Waals surface area contributed by atoms with Gasteiger partial charge >= 0.3 is 5.97 Å². The van der Waals surface area contributed by atoms with E-state index in [2.05, 4.69) is 10.0 Å². The lowest BCUT2D eigenvalue weighted by Gasteiger charge is -2.13. The van der Waals surface area contributed by atoms with Gasteiger partial charge in [0.05, 0.1) is 18.7 Å². The minimum absolute atomic E-state index is 0.0104. The van der Waals surface area contributed by atoms with Crippen molar-refractivity contribution in [3.05, 3.63) is 46.2 Å². The Morgan fingerprint density at radius 2 is 2.00 bits per heavy atom. The fourth-order valence-corrected chi connectivity index (χ4v) is 3.88. The number of hydrogen-bond donors (Lipinski definition) is 2. The Bertz CT molecular complexity index is 910. The van der Waals surface area contributed by atoms with Gasteiger partial charge in [0.15, 0.2) is 6.61 Å². The van der Waals surface area contributed by atoms with E-state index in [1.165, 1.54) is 37.6 Å². The molecule has 1 atom stereocenters. The number of thiophene rings is 1. The molecular weight excluding hydrogens is 392 g/mol. The summed E-state index contributed by atoms with van der Waals surface area (Å²) in [6, 6.07) is 7.41. The smallest absolute Gasteiger partial charge is 0.338 e. The molecule has 0 bridgehead atoms. The molecular formula is C17H20N2O6S2. The van der Waals surface area contributed by atoms with Crippen molar-refractivity contribution in [3.63, 3.8) is 0 Å². The van der Waals surface area contributed by atoms with E-state index in [9.17, 15) is 18.0 Å². The topological polar surface area (TPSA) is 111 Å². The van der Waals surface area contributed by atoms with Gasteiger partial charge in [-0.1, -0.05) is 6.07 Å². The zero-order valence-electron chi connectivity index (χ0n) is 15.0. The minimum atomic E-state index is -3.83. The molecule has 1 aromatic carbocycles. The van der Waals surface area contributed by atoms with Crippen LogP contribution in [0.5, 0.6) is 5.75 Å². The summed E-state index contributed by atoms with van der Waals surface area (Å²) in [7, 11) is -1.26. The molecule has 0 aliphatic rings. The Morgan fingerprint density at radius 3 is 2.59 bits per heavy atom. The SMILES string of the molecule is CNS(=O)(=O)c1cc(C(=O)OCC(=O)N[C@H](C)c2cccs2)ccc1OC. The van der Waals surface area contributed by atoms with Crippen LogP contribution in [-0.2, 0) is 19.6 Å². The second-order valence-corrected chi connectivity index (χ2v) is 8.29. The summed E-state index contributed by atoms with van der Waals surface area (Å²) < 4.78 is 36.2. The standard InChI is InChI=1S/C17H20N2O6S2/c1-11(14-5-4-8-26-14)19-16(20)10-25-17(21)12-6-7-13(24-3)15(9-12)27(22,23)18-2/h4-9,11,18H,10H2,1-3H3,(H,19,20)/t11-/m1/s1. The maximum Gasteiger partial charge on any atom is 0.338 e. The molecule has 0 aliphatic carbocycles. The molecule has 2 aromatic rings. The highest BCUT2D eigenvalue weighted by molar-refractivity contribution is 7.89. The van der Waals surface area contributed by atoms with Gasteiger partial charge in [-0.25, -0.2) is 17.9 Å². The van der Waals surface area contributed by atoms with Crippen molar-refractivity contribution in [2.75, 3.05) is 20.8 Å². The lowest BCUT2D eigenvalue weighted by molar-refractivity contribution is -0.124. The van der Waals surface area contributed by atoms with E-state index in [0.717, 1.165) is 10.9 Å². The highest BCUT2D eigenvalue weighted by atomic mass is 32.2. The van der Waals surface area contributed by atoms with Crippen LogP contribution in [0.15, 0.2) is 40.6 Å². The third-order valence-corrected chi connectivity index (χ3v) is 6.13. The number of hydrogen-bond acceptors (Lipinski definition) is 7. The van der Waals surface area contributed by atoms with Gasteiger partial charge in [0.1, 0.15) is 10.6 Å². The Hall–Kier alpha value is -2.43. The first kappa shape index (κ1) is 20.9. The molecule has 1 amide bonds. The second-order valence-electron chi connectivity index (χ2n) is 5.45. The summed E-state index contributed by atoms with van der Waals surface area (Å²) >= 11 is 1.51. The lowest BCUT2D eigenvalue weighted by Crippen LogP contribution is -2.30. The molecule has 0 unspecified atom stereocenters. The van der Waals surface area contributed by atoms with Gasteiger partial charge in [-0.05, 0) is 43.6 Å². The molecule has 1 aromatic heterocycles. The van der Waals surface area contributed by atoms with Crippen molar-refractivity contribution < 1.29 is 27.5 Å². The molecule has 2 rings (SSSR count). The van der Waals surface area contributed by atoms with Crippen molar-refractivity contribution in [2.45, 2.75) is 17.9 Å². The first-order chi connectivity index (χ1) is 12.8. The molecule has 27 heavy (non-hydrogen) atoms. The second kappa shape index (κ2) is 8.98. The highest BCUT2D eigenvalue weighted by Crippen LogP contribution is 2.25. The van der Waals surface area contributed by atoms with Crippen molar-refractivity contribution >= 4 is 33.2 Å². The van der Waals surface area contributed by atoms with Gasteiger partial charge in [-0.3, -0.25) is 4.79 Å². The van der Waals surface area contributed by atoms with Crippen LogP contribution in [0.4, 0.5) is 0 Å². The molecule has 0 saturated heterocycles. The van der Waals surface area contributed by atoms with Crippen molar-refractivity contribution in [2.24, 2.45) is 0 Å². The molecule has 1 heterocycles. The molecule has 0 fully saturated rings. The molecule has 0 radical (unpaired) electrons. The summed E-state index contributed by atoms with van der Waals surface area (Å²) in [6.45, 7) is 1.35. The largest absolute Gasteiger partial charge is 0.495 e. The molecule has 0 spiro atoms. The Balaban J connectivity index is 2.03. The lowest BCUT2D eigenvalue weighted by atomic mass is 10.2. The molecule has 8 nitrogen and oxygen atoms in total. The zero-order chi connectivity index (χ0) is 20.0. The monoisotopic (exact) mass is 412 g/mol. The third kappa shape index (κ3) is 5.28. The summed E-state index contributed by atoms with van der Waals surface area (Å²) in [4.78, 5) is 24.9. The summed E-state index contributed by atoms with van der Waals surface area (Å²) in [5.41, 5.74) is -0.0104. The van der Waals surface area contributed by atoms with Gasteiger partial charge in [0, 0.05) is 4.88 Å². The Kier molecular flexibility index (Phi) is 6.94. The summed E-state index contributed by atoms with van der Waals surface area (Å²) in [6.07, 6.45) is 0. The van der Waals surface area contributed by atoms with Crippen molar-refractivity contribution in [1.82, 2.24) is 10.0 Å². The normalized spacial score (nSPS) is 12.3. The van der Waals surface area contributed by atoms with Crippen LogP contribution in [0.2, 0.25) is 0 Å². The predicted octanol–water partition coefficient (Wildman–Crippen LogP) is 1.70. The van der Waals surface area contributed by atoms with Crippen LogP contribution < -0.4 is 14.8 Å². The highest BCUT2D eigenvalue weighted by Gasteiger charge is 2.21. The number of methoxy groups -OCH3 is 1. The van der Waals surface area contributed by atoms with E-state index in [4.69, 9.17) is 9.47 Å². The number of sulfonamides is 1. The van der Waals surface area contributed by atoms with Gasteiger partial charge in [0.25, 0.3) is 5.91 Å². The van der Waals surface area contributed by atoms with E-state index in [1.54, 1.807) is 0 Å². The quantitative estimate of drug-likeness (QED) is 0.639. The third-order valence-electron chi connectivity index (χ3n) is 3.64. The first-order valence-electron chi connectivity index (χ1n) is 7.90. The molecule has 0 aliphatic heterocycles. The van der Waals surface area contributed by atoms with Crippen LogP contribution in [0, 0.1) is 0 Å². The minimum Gasteiger partial charge on any atom is -0.495 e. The van der Waals surface area contributed by atoms with Gasteiger partial charge < -0.3 is 14.8 Å². The fourth-order valence-electron chi connectivity index (χ4n) is 2.23. The first-order valence-corrected chi connectivity index (χ1v) is 10.3. The van der Waals surface area contributed by atoms with E-state index in [0.29, 0.717) is 0 Å². The number of carbonyl (C=O) groups excluding carboxylic acids is 2. The van der Waals surface area contributed by atoms with Crippen LogP contribution in [0.3, 0.4) is 0 Å². The number of benzene rings is 1. The summed E-state index contributed by atoms with van der Waals surface area (Å²) in [5, 5.41) is 4.62. The summed E-state index contributed by atoms with van der Waals surface area (Å²) in [5.74, 6) is -1.19. The molecule has 0 saturated carbocycles. The average Bonchev–Trinajstić information content (AvgIpc) is 3.20. The Labute approximate surface area is 161 Å². The number of carbonyl (C=O) groups is 2. The molecule has 10 heteroatoms. The van der Waals surface area contributed by atoms with E-state index >= 15 is 0 Å². The molecule has 146 valence electrons. The van der Waals surface area contributed by atoms with Gasteiger partial charge in [-0.15, -0.1) is 11.3 Å². The van der Waals surface area contributed by atoms with E-state index in [-0.39, 0.29) is 22.3 Å². The number of esters is 1. The van der Waals surface area contributed by atoms with Crippen LogP contribution in [-0.4, -0.2) is 41.1 Å². The van der Waals surface area contributed by atoms with E-state index in [1.807, 2.05) is 24.4 Å². The maximum atomic E-state index is 12.2. The number of nitrogens with one attached hydrogen (secondary N) is 2. The van der Waals surface area contributed by atoms with Crippen LogP contribution in [0.25, 0.3) is 0 Å². The maximum absolute atomic E-state index is 12.2. The number of rotatable bonds is 8. The Morgan fingerprint density at radius 1 is 1.26 bits per heavy atom. The predicted molar refractivity (Wildman–Crippen MR) is 100 cm³/mol. The molecule has 2 N–H and O–H groups in total. The van der Waals surface area contributed by atoms with Crippen molar-refractivity contribution in [3.8, 4) is 5.75 Å². The van der Waals surface area contributed by atoms with Gasteiger partial charge in [-0.2, -0.15) is 0 Å². The van der Waals surface area contributed by atoms with Crippen LogP contribution >= 0.6 is 11.3 Å². The average molecular weight is 412 g/mol. The fraction of sp³-hybridized carbons (Fsp3) is 0.294. The number of ether oxygens (including phenoxy) is 2. The van der Waals surface area contributed by atoms with Gasteiger partial charge in [0.2, 0.25) is 10.0 Å². The zero-order valence-corrected chi connectivity index (χ0v) is 16.6.